The Bertz CT molecular complexity index is 1150. The maximum atomic E-state index is 12.8. The van der Waals surface area contributed by atoms with Crippen LogP contribution in [-0.2, 0) is 9.53 Å². The second-order valence-corrected chi connectivity index (χ2v) is 8.79. The number of carbonyl (C=O) groups excluding carboxylic acids is 2. The van der Waals surface area contributed by atoms with Crippen LogP contribution in [0.5, 0.6) is 5.75 Å². The molecule has 10 nitrogen and oxygen atoms in total. The minimum absolute atomic E-state index is 0.00858. The van der Waals surface area contributed by atoms with E-state index >= 15 is 0 Å². The van der Waals surface area contributed by atoms with Crippen molar-refractivity contribution in [1.82, 2.24) is 20.1 Å². The molecule has 2 aromatic heterocycles. The molecular weight excluding hydrogens is 497 g/mol. The van der Waals surface area contributed by atoms with Gasteiger partial charge in [0.15, 0.2) is 10.8 Å². The number of anilines is 2. The van der Waals surface area contributed by atoms with E-state index in [4.69, 9.17) is 4.74 Å². The van der Waals surface area contributed by atoms with Gasteiger partial charge in [-0.05, 0) is 18.2 Å². The van der Waals surface area contributed by atoms with Crippen molar-refractivity contribution in [3.8, 4) is 15.6 Å². The smallest absolute Gasteiger partial charge is 0.404 e. The van der Waals surface area contributed by atoms with Gasteiger partial charge < -0.3 is 14.8 Å². The highest BCUT2D eigenvalue weighted by Crippen LogP contribution is 2.32. The summed E-state index contributed by atoms with van der Waals surface area (Å²) in [6, 6.07) is 3.23. The van der Waals surface area contributed by atoms with Crippen LogP contribution in [0.2, 0.25) is 0 Å². The molecule has 3 aromatic rings. The van der Waals surface area contributed by atoms with Crippen molar-refractivity contribution in [3.63, 3.8) is 0 Å². The van der Waals surface area contributed by atoms with Gasteiger partial charge in [-0.2, -0.15) is 0 Å². The molecule has 15 heteroatoms. The van der Waals surface area contributed by atoms with E-state index in [2.05, 4.69) is 30.6 Å². The fourth-order valence-corrected chi connectivity index (χ4v) is 4.41. The summed E-state index contributed by atoms with van der Waals surface area (Å²) in [7, 11) is 0. The zero-order chi connectivity index (χ0) is 24.1. The Hall–Kier alpha value is -3.14. The van der Waals surface area contributed by atoms with Crippen LogP contribution in [0.4, 0.5) is 24.0 Å². The number of hydrogen-bond acceptors (Lipinski definition) is 10. The molecule has 1 aromatic carbocycles. The van der Waals surface area contributed by atoms with Gasteiger partial charge in [-0.25, -0.2) is 0 Å². The fourth-order valence-electron chi connectivity index (χ4n) is 3.00. The van der Waals surface area contributed by atoms with Gasteiger partial charge in [0.2, 0.25) is 11.0 Å². The summed E-state index contributed by atoms with van der Waals surface area (Å²) in [5, 5.41) is 13.6. The number of carbonyl (C=O) groups is 2. The van der Waals surface area contributed by atoms with Crippen molar-refractivity contribution < 1.29 is 32.2 Å². The van der Waals surface area contributed by atoms with Gasteiger partial charge in [0, 0.05) is 24.8 Å². The number of morpholine rings is 1. The SMILES string of the molecule is O=C(CN1CCOCC1)Nc1cc(C(=O)Nc2nnc(-c3cncs3)s2)ccc1OC(F)(F)F. The topological polar surface area (TPSA) is 119 Å². The van der Waals surface area contributed by atoms with Gasteiger partial charge in [-0.1, -0.05) is 11.3 Å². The third-order valence-corrected chi connectivity index (χ3v) is 6.28. The first-order valence-corrected chi connectivity index (χ1v) is 11.5. The van der Waals surface area contributed by atoms with E-state index in [0.29, 0.717) is 31.3 Å². The average molecular weight is 515 g/mol. The molecule has 0 spiro atoms. The first kappa shape index (κ1) is 24.0. The van der Waals surface area contributed by atoms with Crippen LogP contribution in [0.25, 0.3) is 9.88 Å². The fraction of sp³-hybridized carbons (Fsp3) is 0.316. The second kappa shape index (κ2) is 10.4. The zero-order valence-electron chi connectivity index (χ0n) is 17.3. The molecule has 0 aliphatic carbocycles. The van der Waals surface area contributed by atoms with E-state index in [1.54, 1.807) is 16.6 Å². The first-order chi connectivity index (χ1) is 16.3. The number of amides is 2. The van der Waals surface area contributed by atoms with Crippen LogP contribution in [-0.4, -0.2) is 71.1 Å². The van der Waals surface area contributed by atoms with Crippen molar-refractivity contribution in [2.45, 2.75) is 6.36 Å². The third-order valence-electron chi connectivity index (χ3n) is 4.50. The van der Waals surface area contributed by atoms with Gasteiger partial charge in [0.1, 0.15) is 0 Å². The normalized spacial score (nSPS) is 14.6. The van der Waals surface area contributed by atoms with Crippen LogP contribution in [0, 0.1) is 0 Å². The lowest BCUT2D eigenvalue weighted by Gasteiger charge is -2.26. The standard InChI is InChI=1S/C19H17F3N6O4S2/c20-19(21,22)32-13-2-1-11(7-12(13)24-15(29)9-28-3-5-31-6-4-28)16(30)25-18-27-26-17(34-18)14-8-23-10-33-14/h1-2,7-8,10H,3-6,9H2,(H,24,29)(H,25,27,30). The minimum Gasteiger partial charge on any atom is -0.404 e. The molecule has 1 aliphatic heterocycles. The largest absolute Gasteiger partial charge is 0.573 e. The van der Waals surface area contributed by atoms with Crippen LogP contribution < -0.4 is 15.4 Å². The highest BCUT2D eigenvalue weighted by Gasteiger charge is 2.32. The Kier molecular flexibility index (Phi) is 7.35. The van der Waals surface area contributed by atoms with Gasteiger partial charge in [-0.3, -0.25) is 24.8 Å². The molecule has 0 unspecified atom stereocenters. The molecule has 4 rings (SSSR count). The highest BCUT2D eigenvalue weighted by atomic mass is 32.1. The molecule has 0 radical (unpaired) electrons. The second-order valence-electron chi connectivity index (χ2n) is 6.93. The number of nitrogens with one attached hydrogen (secondary N) is 2. The minimum atomic E-state index is -4.98. The number of halogens is 3. The van der Waals surface area contributed by atoms with Crippen LogP contribution in [0.1, 0.15) is 10.4 Å². The highest BCUT2D eigenvalue weighted by molar-refractivity contribution is 7.22. The lowest BCUT2D eigenvalue weighted by atomic mass is 10.1. The summed E-state index contributed by atoms with van der Waals surface area (Å²) in [6.07, 6.45) is -3.37. The molecular formula is C19H17F3N6O4S2. The van der Waals surface area contributed by atoms with E-state index < -0.39 is 23.9 Å². The number of rotatable bonds is 7. The molecule has 34 heavy (non-hydrogen) atoms. The molecule has 1 saturated heterocycles. The summed E-state index contributed by atoms with van der Waals surface area (Å²) in [5.74, 6) is -1.83. The molecule has 0 atom stereocenters. The van der Waals surface area contributed by atoms with Crippen molar-refractivity contribution in [3.05, 3.63) is 35.5 Å². The van der Waals surface area contributed by atoms with Gasteiger partial charge in [0.25, 0.3) is 5.91 Å². The number of thiazole rings is 1. The number of benzene rings is 1. The lowest BCUT2D eigenvalue weighted by molar-refractivity contribution is -0.274. The molecule has 3 heterocycles. The summed E-state index contributed by atoms with van der Waals surface area (Å²) >= 11 is 2.47. The molecule has 2 N–H and O–H groups in total. The van der Waals surface area contributed by atoms with Crippen molar-refractivity contribution in [2.24, 2.45) is 0 Å². The predicted octanol–water partition coefficient (Wildman–Crippen LogP) is 3.08. The molecule has 1 aliphatic rings. The van der Waals surface area contributed by atoms with E-state index in [1.807, 2.05) is 0 Å². The average Bonchev–Trinajstić information content (AvgIpc) is 3.46. The molecule has 2 amide bonds. The molecule has 0 bridgehead atoms. The number of aromatic nitrogens is 3. The third kappa shape index (κ3) is 6.47. The quantitative estimate of drug-likeness (QED) is 0.494. The zero-order valence-corrected chi connectivity index (χ0v) is 18.9. The van der Waals surface area contributed by atoms with Crippen molar-refractivity contribution >= 4 is 45.3 Å². The Morgan fingerprint density at radius 1 is 1.18 bits per heavy atom. The van der Waals surface area contributed by atoms with Crippen molar-refractivity contribution in [2.75, 3.05) is 43.5 Å². The summed E-state index contributed by atoms with van der Waals surface area (Å²) in [5.41, 5.74) is 1.34. The molecule has 180 valence electrons. The predicted molar refractivity (Wildman–Crippen MR) is 118 cm³/mol. The summed E-state index contributed by atoms with van der Waals surface area (Å²) in [4.78, 5) is 31.6. The number of ether oxygens (including phenoxy) is 2. The first-order valence-electron chi connectivity index (χ1n) is 9.80. The maximum absolute atomic E-state index is 12.8. The summed E-state index contributed by atoms with van der Waals surface area (Å²) in [6.45, 7) is 1.92. The Balaban J connectivity index is 1.49. The maximum Gasteiger partial charge on any atom is 0.573 e. The van der Waals surface area contributed by atoms with Gasteiger partial charge in [0.05, 0.1) is 35.8 Å². The van der Waals surface area contributed by atoms with Crippen LogP contribution in [0.3, 0.4) is 0 Å². The lowest BCUT2D eigenvalue weighted by Crippen LogP contribution is -2.41. The number of hydrogen-bond donors (Lipinski definition) is 2. The van der Waals surface area contributed by atoms with Crippen molar-refractivity contribution in [1.29, 1.82) is 0 Å². The molecule has 0 saturated carbocycles. The van der Waals surface area contributed by atoms with Crippen LogP contribution >= 0.6 is 22.7 Å². The van der Waals surface area contributed by atoms with E-state index in [1.165, 1.54) is 11.3 Å². The monoisotopic (exact) mass is 514 g/mol. The van der Waals surface area contributed by atoms with E-state index in [9.17, 15) is 22.8 Å². The Morgan fingerprint density at radius 3 is 2.68 bits per heavy atom. The number of nitrogens with zero attached hydrogens (tertiary/aromatic N) is 4. The van der Waals surface area contributed by atoms with E-state index in [-0.39, 0.29) is 22.9 Å². The summed E-state index contributed by atoms with van der Waals surface area (Å²) < 4.78 is 47.8. The Labute approximate surface area is 198 Å². The van der Waals surface area contributed by atoms with Crippen LogP contribution in [0.15, 0.2) is 29.9 Å². The Morgan fingerprint density at radius 2 is 1.97 bits per heavy atom. The van der Waals surface area contributed by atoms with Gasteiger partial charge in [-0.15, -0.1) is 34.7 Å². The van der Waals surface area contributed by atoms with E-state index in [0.717, 1.165) is 34.4 Å². The number of alkyl halides is 3. The molecule has 1 fully saturated rings. The van der Waals surface area contributed by atoms with Gasteiger partial charge >= 0.3 is 6.36 Å².